The number of carboxylic acid groups (broad SMARTS) is 1. The molecule has 3 N–H and O–H groups in total. The summed E-state index contributed by atoms with van der Waals surface area (Å²) in [6, 6.07) is 0. The smallest absolute Gasteiger partial charge is 0.333 e. The van der Waals surface area contributed by atoms with Crippen molar-refractivity contribution >= 4 is 21.9 Å². The zero-order chi connectivity index (χ0) is 7.44. The van der Waals surface area contributed by atoms with Crippen molar-refractivity contribution in [1.82, 2.24) is 0 Å². The maximum absolute atomic E-state index is 9.91. The molecule has 0 radical (unpaired) electrons. The Morgan fingerprint density at radius 2 is 2.11 bits per heavy atom. The van der Waals surface area contributed by atoms with E-state index in [2.05, 4.69) is 15.9 Å². The van der Waals surface area contributed by atoms with Gasteiger partial charge in [-0.05, 0) is 0 Å². The molecule has 54 valence electrons. The van der Waals surface area contributed by atoms with E-state index in [9.17, 15) is 4.79 Å². The van der Waals surface area contributed by atoms with Gasteiger partial charge in [-0.25, -0.2) is 4.79 Å². The van der Waals surface area contributed by atoms with Gasteiger partial charge in [0, 0.05) is 0 Å². The highest BCUT2D eigenvalue weighted by Gasteiger charge is 2.21. The molecule has 5 heteroatoms. The molecule has 0 aliphatic carbocycles. The van der Waals surface area contributed by atoms with Gasteiger partial charge in [0.15, 0.2) is 6.10 Å². The predicted molar refractivity (Wildman–Crippen MR) is 33.4 cm³/mol. The number of rotatable bonds is 3. The van der Waals surface area contributed by atoms with Crippen LogP contribution < -0.4 is 0 Å². The molecule has 0 rings (SSSR count). The summed E-state index contributed by atoms with van der Waals surface area (Å²) in [5.74, 6) is -1.34. The van der Waals surface area contributed by atoms with Crippen molar-refractivity contribution in [1.29, 1.82) is 0 Å². The fraction of sp³-hybridized carbons (Fsp3) is 0.750. The van der Waals surface area contributed by atoms with Gasteiger partial charge in [0.1, 0.15) is 0 Å². The van der Waals surface area contributed by atoms with Crippen molar-refractivity contribution in [2.45, 2.75) is 10.9 Å². The molecule has 0 spiro atoms. The summed E-state index contributed by atoms with van der Waals surface area (Å²) in [4.78, 5) is 9.13. The molecule has 0 saturated heterocycles. The van der Waals surface area contributed by atoms with Crippen LogP contribution in [0.4, 0.5) is 0 Å². The van der Waals surface area contributed by atoms with E-state index in [4.69, 9.17) is 15.3 Å². The lowest BCUT2D eigenvalue weighted by molar-refractivity contribution is -0.146. The van der Waals surface area contributed by atoms with Gasteiger partial charge in [0.2, 0.25) is 0 Å². The lowest BCUT2D eigenvalue weighted by Gasteiger charge is -2.08. The van der Waals surface area contributed by atoms with Gasteiger partial charge >= 0.3 is 5.97 Å². The minimum atomic E-state index is -1.53. The lowest BCUT2D eigenvalue weighted by atomic mass is 10.3. The van der Waals surface area contributed by atoms with Crippen molar-refractivity contribution in [3.8, 4) is 0 Å². The third-order valence-corrected chi connectivity index (χ3v) is 1.56. The molecule has 9 heavy (non-hydrogen) atoms. The van der Waals surface area contributed by atoms with Crippen molar-refractivity contribution in [2.24, 2.45) is 0 Å². The molecule has 0 aliphatic heterocycles. The Balaban J connectivity index is 3.72. The molecular formula is C4H7BrO4. The summed E-state index contributed by atoms with van der Waals surface area (Å²) >= 11 is 2.76. The first-order valence-electron chi connectivity index (χ1n) is 2.25. The molecule has 0 bridgehead atoms. The van der Waals surface area contributed by atoms with Crippen LogP contribution in [0.25, 0.3) is 0 Å². The van der Waals surface area contributed by atoms with Gasteiger partial charge in [-0.3, -0.25) is 0 Å². The number of carbonyl (C=O) groups is 1. The van der Waals surface area contributed by atoms with Crippen molar-refractivity contribution in [3.05, 3.63) is 0 Å². The lowest BCUT2D eigenvalue weighted by Crippen LogP contribution is -2.31. The first-order valence-corrected chi connectivity index (χ1v) is 3.17. The van der Waals surface area contributed by atoms with E-state index in [-0.39, 0.29) is 0 Å². The van der Waals surface area contributed by atoms with Crippen LogP contribution in [0.2, 0.25) is 0 Å². The Labute approximate surface area is 60.2 Å². The SMILES string of the molecule is O=C(O)[C@@H](O)[C@@H](Br)CO. The van der Waals surface area contributed by atoms with Crippen molar-refractivity contribution < 1.29 is 20.1 Å². The van der Waals surface area contributed by atoms with Gasteiger partial charge in [-0.2, -0.15) is 0 Å². The maximum atomic E-state index is 9.91. The number of aliphatic hydroxyl groups excluding tert-OH is 2. The van der Waals surface area contributed by atoms with Gasteiger partial charge in [-0.1, -0.05) is 15.9 Å². The molecule has 0 unspecified atom stereocenters. The summed E-state index contributed by atoms with van der Waals surface area (Å²) in [6.45, 7) is -0.395. The maximum Gasteiger partial charge on any atom is 0.333 e. The second-order valence-corrected chi connectivity index (χ2v) is 2.66. The standard InChI is InChI=1S/C4H7BrO4/c5-2(1-6)3(7)4(8)9/h2-3,6-7H,1H2,(H,8,9)/t2-,3-/m0/s1. The van der Waals surface area contributed by atoms with Crippen LogP contribution >= 0.6 is 15.9 Å². The van der Waals surface area contributed by atoms with Crippen LogP contribution in [0.15, 0.2) is 0 Å². The molecule has 0 aromatic heterocycles. The first-order chi connectivity index (χ1) is 4.09. The first kappa shape index (κ1) is 8.87. The molecule has 0 aromatic carbocycles. The highest BCUT2D eigenvalue weighted by atomic mass is 79.9. The summed E-state index contributed by atoms with van der Waals surface area (Å²) < 4.78 is 0. The minimum absolute atomic E-state index is 0.395. The van der Waals surface area contributed by atoms with Crippen molar-refractivity contribution in [3.63, 3.8) is 0 Å². The van der Waals surface area contributed by atoms with Gasteiger partial charge in [0.05, 0.1) is 11.4 Å². The number of hydrogen-bond acceptors (Lipinski definition) is 3. The number of aliphatic carboxylic acids is 1. The Kier molecular flexibility index (Phi) is 3.76. The zero-order valence-electron chi connectivity index (χ0n) is 4.49. The van der Waals surface area contributed by atoms with E-state index in [0.29, 0.717) is 0 Å². The molecule has 0 fully saturated rings. The van der Waals surface area contributed by atoms with Crippen LogP contribution in [0.3, 0.4) is 0 Å². The summed E-state index contributed by atoms with van der Waals surface area (Å²) in [5.41, 5.74) is 0. The molecular weight excluding hydrogens is 192 g/mol. The quantitative estimate of drug-likeness (QED) is 0.519. The molecule has 0 amide bonds. The normalized spacial score (nSPS) is 16.8. The molecule has 2 atom stereocenters. The predicted octanol–water partition coefficient (Wildman–Crippen LogP) is -0.812. The third kappa shape index (κ3) is 2.78. The summed E-state index contributed by atoms with van der Waals surface area (Å²) in [7, 11) is 0. The fourth-order valence-corrected chi connectivity index (χ4v) is 0.481. The second kappa shape index (κ2) is 3.81. The largest absolute Gasteiger partial charge is 0.479 e. The molecule has 0 aromatic rings. The summed E-state index contributed by atoms with van der Waals surface area (Å²) in [6.07, 6.45) is -1.53. The monoisotopic (exact) mass is 198 g/mol. The van der Waals surface area contributed by atoms with E-state index in [1.54, 1.807) is 0 Å². The highest BCUT2D eigenvalue weighted by molar-refractivity contribution is 9.09. The summed E-state index contributed by atoms with van der Waals surface area (Å²) in [5, 5.41) is 25.0. The minimum Gasteiger partial charge on any atom is -0.479 e. The number of carboxylic acids is 1. The van der Waals surface area contributed by atoms with E-state index in [1.165, 1.54) is 0 Å². The van der Waals surface area contributed by atoms with Crippen LogP contribution in [0.1, 0.15) is 0 Å². The number of hydrogen-bond donors (Lipinski definition) is 3. The van der Waals surface area contributed by atoms with Gasteiger partial charge in [-0.15, -0.1) is 0 Å². The van der Waals surface area contributed by atoms with E-state index in [1.807, 2.05) is 0 Å². The topological polar surface area (TPSA) is 77.8 Å². The Morgan fingerprint density at radius 1 is 1.67 bits per heavy atom. The Hall–Kier alpha value is -0.130. The van der Waals surface area contributed by atoms with Crippen molar-refractivity contribution in [2.75, 3.05) is 6.61 Å². The highest BCUT2D eigenvalue weighted by Crippen LogP contribution is 2.03. The van der Waals surface area contributed by atoms with Crippen LogP contribution in [0.5, 0.6) is 0 Å². The molecule has 4 nitrogen and oxygen atoms in total. The molecule has 0 saturated carbocycles. The van der Waals surface area contributed by atoms with Gasteiger partial charge in [0.25, 0.3) is 0 Å². The Morgan fingerprint density at radius 3 is 2.22 bits per heavy atom. The third-order valence-electron chi connectivity index (χ3n) is 0.770. The number of alkyl halides is 1. The number of halogens is 1. The van der Waals surface area contributed by atoms with E-state index in [0.717, 1.165) is 0 Å². The molecule has 0 heterocycles. The van der Waals surface area contributed by atoms with Gasteiger partial charge < -0.3 is 15.3 Å². The van der Waals surface area contributed by atoms with Crippen LogP contribution in [0, 0.1) is 0 Å². The molecule has 0 aliphatic rings. The second-order valence-electron chi connectivity index (χ2n) is 1.48. The van der Waals surface area contributed by atoms with E-state index >= 15 is 0 Å². The Bertz CT molecular complexity index is 105. The van der Waals surface area contributed by atoms with Crippen LogP contribution in [-0.2, 0) is 4.79 Å². The zero-order valence-corrected chi connectivity index (χ0v) is 6.08. The fourth-order valence-electron chi connectivity index (χ4n) is 0.255. The van der Waals surface area contributed by atoms with Crippen LogP contribution in [-0.4, -0.2) is 38.8 Å². The number of aliphatic hydroxyl groups is 2. The average molecular weight is 199 g/mol. The average Bonchev–Trinajstić information content (AvgIpc) is 1.84. The van der Waals surface area contributed by atoms with E-state index < -0.39 is 23.5 Å².